The normalized spacial score (nSPS) is 10.3. The fraction of sp³-hybridized carbons (Fsp3) is 0.143. The second-order valence-electron chi connectivity index (χ2n) is 4.32. The molecule has 2 rings (SSSR count). The van der Waals surface area contributed by atoms with Crippen LogP contribution in [0.15, 0.2) is 36.4 Å². The number of anilines is 1. The Balaban J connectivity index is 2.25. The Hall–Kier alpha value is -2.50. The quantitative estimate of drug-likeness (QED) is 0.683. The lowest BCUT2D eigenvalue weighted by Crippen LogP contribution is -2.06. The molecule has 2 aromatic carbocycles. The van der Waals surface area contributed by atoms with E-state index in [1.54, 1.807) is 13.0 Å². The third-order valence-corrected chi connectivity index (χ3v) is 2.95. The summed E-state index contributed by atoms with van der Waals surface area (Å²) in [6, 6.07) is 7.86. The molecule has 104 valence electrons. The monoisotopic (exact) mass is 278 g/mol. The number of nitro benzene ring substituents is 1. The van der Waals surface area contributed by atoms with E-state index in [4.69, 9.17) is 0 Å². The van der Waals surface area contributed by atoms with Gasteiger partial charge in [-0.1, -0.05) is 12.1 Å². The van der Waals surface area contributed by atoms with Gasteiger partial charge in [0.25, 0.3) is 5.69 Å². The summed E-state index contributed by atoms with van der Waals surface area (Å²) >= 11 is 0. The van der Waals surface area contributed by atoms with Crippen molar-refractivity contribution in [3.05, 3.63) is 69.3 Å². The number of nitro groups is 1. The van der Waals surface area contributed by atoms with E-state index in [-0.39, 0.29) is 23.7 Å². The average molecular weight is 278 g/mol. The summed E-state index contributed by atoms with van der Waals surface area (Å²) in [6.07, 6.45) is 0. The fourth-order valence-electron chi connectivity index (χ4n) is 1.88. The lowest BCUT2D eigenvalue weighted by Gasteiger charge is -2.10. The number of hydrogen-bond donors (Lipinski definition) is 1. The second-order valence-corrected chi connectivity index (χ2v) is 4.32. The number of halogens is 2. The molecule has 0 fully saturated rings. The number of para-hydroxylation sites is 1. The minimum absolute atomic E-state index is 0.166. The SMILES string of the molecule is Cc1cc(F)ccc1CNc1c(F)cccc1[N+](=O)[O-]. The third kappa shape index (κ3) is 2.90. The summed E-state index contributed by atoms with van der Waals surface area (Å²) < 4.78 is 26.6. The Labute approximate surface area is 114 Å². The maximum atomic E-state index is 13.7. The van der Waals surface area contributed by atoms with E-state index in [9.17, 15) is 18.9 Å². The lowest BCUT2D eigenvalue weighted by molar-refractivity contribution is -0.384. The van der Waals surface area contributed by atoms with Gasteiger partial charge in [-0.3, -0.25) is 10.1 Å². The van der Waals surface area contributed by atoms with Gasteiger partial charge >= 0.3 is 0 Å². The molecule has 0 atom stereocenters. The molecule has 20 heavy (non-hydrogen) atoms. The van der Waals surface area contributed by atoms with E-state index in [0.29, 0.717) is 5.56 Å². The Bertz CT molecular complexity index is 660. The number of rotatable bonds is 4. The summed E-state index contributed by atoms with van der Waals surface area (Å²) in [5.41, 5.74) is 0.937. The fourth-order valence-corrected chi connectivity index (χ4v) is 1.88. The maximum absolute atomic E-state index is 13.7. The molecule has 0 aliphatic carbocycles. The zero-order valence-corrected chi connectivity index (χ0v) is 10.7. The van der Waals surface area contributed by atoms with Crippen LogP contribution in [0.2, 0.25) is 0 Å². The maximum Gasteiger partial charge on any atom is 0.295 e. The molecule has 0 amide bonds. The molecule has 1 N–H and O–H groups in total. The first-order valence-corrected chi connectivity index (χ1v) is 5.91. The van der Waals surface area contributed by atoms with E-state index in [1.165, 1.54) is 24.3 Å². The highest BCUT2D eigenvalue weighted by Crippen LogP contribution is 2.27. The zero-order chi connectivity index (χ0) is 14.7. The highest BCUT2D eigenvalue weighted by molar-refractivity contribution is 5.62. The predicted molar refractivity (Wildman–Crippen MR) is 71.5 cm³/mol. The highest BCUT2D eigenvalue weighted by atomic mass is 19.1. The number of aryl methyl sites for hydroxylation is 1. The summed E-state index contributed by atoms with van der Waals surface area (Å²) in [7, 11) is 0. The summed E-state index contributed by atoms with van der Waals surface area (Å²) in [5, 5.41) is 13.5. The lowest BCUT2D eigenvalue weighted by atomic mass is 10.1. The average Bonchev–Trinajstić information content (AvgIpc) is 2.38. The van der Waals surface area contributed by atoms with Crippen molar-refractivity contribution < 1.29 is 13.7 Å². The smallest absolute Gasteiger partial charge is 0.295 e. The third-order valence-electron chi connectivity index (χ3n) is 2.95. The molecule has 0 saturated heterocycles. The van der Waals surface area contributed by atoms with Gasteiger partial charge in [-0.2, -0.15) is 0 Å². The molecular formula is C14H12F2N2O2. The molecule has 0 aromatic heterocycles. The molecule has 0 spiro atoms. The van der Waals surface area contributed by atoms with E-state index in [2.05, 4.69) is 5.32 Å². The van der Waals surface area contributed by atoms with Crippen molar-refractivity contribution in [3.8, 4) is 0 Å². The molecule has 0 aliphatic heterocycles. The van der Waals surface area contributed by atoms with Crippen LogP contribution in [0.25, 0.3) is 0 Å². The van der Waals surface area contributed by atoms with Crippen LogP contribution in [0.5, 0.6) is 0 Å². The number of nitrogens with one attached hydrogen (secondary N) is 1. The van der Waals surface area contributed by atoms with E-state index in [1.807, 2.05) is 0 Å². The summed E-state index contributed by atoms with van der Waals surface area (Å²) in [5.74, 6) is -1.05. The van der Waals surface area contributed by atoms with Crippen molar-refractivity contribution in [2.75, 3.05) is 5.32 Å². The van der Waals surface area contributed by atoms with Crippen LogP contribution in [-0.2, 0) is 6.54 Å². The minimum atomic E-state index is -0.695. The van der Waals surface area contributed by atoms with Crippen molar-refractivity contribution in [1.82, 2.24) is 0 Å². The van der Waals surface area contributed by atoms with Crippen molar-refractivity contribution in [1.29, 1.82) is 0 Å². The van der Waals surface area contributed by atoms with Crippen LogP contribution in [0.3, 0.4) is 0 Å². The summed E-state index contributed by atoms with van der Waals surface area (Å²) in [4.78, 5) is 10.2. The Morgan fingerprint density at radius 1 is 1.25 bits per heavy atom. The molecule has 0 bridgehead atoms. The first-order valence-electron chi connectivity index (χ1n) is 5.91. The standard InChI is InChI=1S/C14H12F2N2O2/c1-9-7-11(15)6-5-10(9)8-17-14-12(16)3-2-4-13(14)18(19)20/h2-7,17H,8H2,1H3. The topological polar surface area (TPSA) is 55.2 Å². The predicted octanol–water partition coefficient (Wildman–Crippen LogP) is 3.79. The molecule has 0 unspecified atom stereocenters. The van der Waals surface area contributed by atoms with Crippen LogP contribution in [-0.4, -0.2) is 4.92 Å². The Morgan fingerprint density at radius 3 is 2.65 bits per heavy atom. The van der Waals surface area contributed by atoms with Crippen LogP contribution in [0.1, 0.15) is 11.1 Å². The van der Waals surface area contributed by atoms with Gasteiger partial charge in [0, 0.05) is 12.6 Å². The van der Waals surface area contributed by atoms with Crippen molar-refractivity contribution in [3.63, 3.8) is 0 Å². The molecule has 6 heteroatoms. The van der Waals surface area contributed by atoms with Gasteiger partial charge in [-0.25, -0.2) is 8.78 Å². The van der Waals surface area contributed by atoms with Crippen molar-refractivity contribution in [2.24, 2.45) is 0 Å². The molecule has 0 saturated carbocycles. The van der Waals surface area contributed by atoms with Crippen LogP contribution < -0.4 is 5.32 Å². The van der Waals surface area contributed by atoms with Gasteiger partial charge in [-0.15, -0.1) is 0 Å². The Kier molecular flexibility index (Phi) is 3.93. The number of hydrogen-bond acceptors (Lipinski definition) is 3. The van der Waals surface area contributed by atoms with Gasteiger partial charge in [0.15, 0.2) is 5.82 Å². The Morgan fingerprint density at radius 2 is 2.00 bits per heavy atom. The molecule has 0 radical (unpaired) electrons. The highest BCUT2D eigenvalue weighted by Gasteiger charge is 2.17. The van der Waals surface area contributed by atoms with Gasteiger partial charge in [0.05, 0.1) is 4.92 Å². The van der Waals surface area contributed by atoms with Gasteiger partial charge in [-0.05, 0) is 36.2 Å². The van der Waals surface area contributed by atoms with Crippen molar-refractivity contribution >= 4 is 11.4 Å². The zero-order valence-electron chi connectivity index (χ0n) is 10.7. The largest absolute Gasteiger partial charge is 0.373 e. The van der Waals surface area contributed by atoms with Gasteiger partial charge in [0.2, 0.25) is 0 Å². The van der Waals surface area contributed by atoms with Gasteiger partial charge in [0.1, 0.15) is 11.5 Å². The van der Waals surface area contributed by atoms with Crippen molar-refractivity contribution in [2.45, 2.75) is 13.5 Å². The second kappa shape index (κ2) is 5.64. The van der Waals surface area contributed by atoms with E-state index in [0.717, 1.165) is 11.6 Å². The van der Waals surface area contributed by atoms with E-state index < -0.39 is 10.7 Å². The molecule has 2 aromatic rings. The molecule has 0 heterocycles. The molecule has 0 aliphatic rings. The van der Waals surface area contributed by atoms with E-state index >= 15 is 0 Å². The first kappa shape index (κ1) is 13.9. The van der Waals surface area contributed by atoms with Crippen LogP contribution in [0.4, 0.5) is 20.2 Å². The first-order chi connectivity index (χ1) is 9.49. The molecule has 4 nitrogen and oxygen atoms in total. The van der Waals surface area contributed by atoms with Gasteiger partial charge < -0.3 is 5.32 Å². The molecular weight excluding hydrogens is 266 g/mol. The van der Waals surface area contributed by atoms with Crippen LogP contribution >= 0.6 is 0 Å². The minimum Gasteiger partial charge on any atom is -0.373 e. The number of nitrogens with zero attached hydrogens (tertiary/aromatic N) is 1. The number of benzene rings is 2. The van der Waals surface area contributed by atoms with Crippen LogP contribution in [0, 0.1) is 28.7 Å². The summed E-state index contributed by atoms with van der Waals surface area (Å²) in [6.45, 7) is 1.89.